The van der Waals surface area contributed by atoms with Crippen LogP contribution in [0.15, 0.2) is 27.2 Å². The van der Waals surface area contributed by atoms with E-state index in [1.807, 2.05) is 30.5 Å². The number of thiocarbonyl (C=S) groups is 1. The molecule has 1 N–H and O–H groups in total. The molecular weight excluding hydrogens is 466 g/mol. The van der Waals surface area contributed by atoms with Gasteiger partial charge in [-0.15, -0.1) is 11.3 Å². The molecule has 166 valence electrons. The predicted molar refractivity (Wildman–Crippen MR) is 130 cm³/mol. The Balaban J connectivity index is 1.87. The van der Waals surface area contributed by atoms with Gasteiger partial charge in [0.05, 0.1) is 10.5 Å². The maximum atomic E-state index is 13.1. The van der Waals surface area contributed by atoms with Crippen LogP contribution in [0, 0.1) is 18.3 Å². The first kappa shape index (κ1) is 23.9. The van der Waals surface area contributed by atoms with Gasteiger partial charge in [-0.05, 0) is 43.4 Å². The van der Waals surface area contributed by atoms with Gasteiger partial charge in [-0.25, -0.2) is 0 Å². The third-order valence-corrected chi connectivity index (χ3v) is 7.51. The number of aromatic hydroxyl groups is 1. The number of nitrogens with zero attached hydrogens (tertiary/aromatic N) is 3. The molecule has 7 nitrogen and oxygen atoms in total. The molecule has 1 saturated heterocycles. The Morgan fingerprint density at radius 1 is 1.41 bits per heavy atom. The number of carbonyl (C=O) groups excluding carboxylic acids is 2. The molecule has 10 heteroatoms. The molecule has 1 amide bonds. The Kier molecular flexibility index (Phi) is 7.33. The van der Waals surface area contributed by atoms with E-state index in [9.17, 15) is 24.8 Å². The first-order valence-corrected chi connectivity index (χ1v) is 12.0. The van der Waals surface area contributed by atoms with E-state index >= 15 is 0 Å². The fraction of sp³-hybridized carbons (Fsp3) is 0.318. The van der Waals surface area contributed by atoms with Crippen molar-refractivity contribution in [2.75, 3.05) is 6.54 Å². The molecule has 0 spiro atoms. The standard InChI is InChI=1S/C22H21N3O4S3/c1-4-12(2)25-19(27)15(11-23)13(3)18(21(25)29)16(26)7-8-24-20(28)17(32-22(24)30)10-14-6-5-9-31-14/h5-6,9-10,12,29H,4,7-8H2,1-3H3/b17-10-. The summed E-state index contributed by atoms with van der Waals surface area (Å²) in [6.07, 6.45) is 2.18. The number of thioether (sulfide) groups is 1. The molecule has 1 unspecified atom stereocenters. The van der Waals surface area contributed by atoms with E-state index in [1.165, 1.54) is 34.9 Å². The second-order valence-corrected chi connectivity index (χ2v) is 9.92. The number of nitriles is 1. The lowest BCUT2D eigenvalue weighted by Crippen LogP contribution is -2.32. The molecule has 0 aromatic carbocycles. The van der Waals surface area contributed by atoms with E-state index in [0.29, 0.717) is 15.6 Å². The summed E-state index contributed by atoms with van der Waals surface area (Å²) in [6, 6.07) is 5.24. The molecule has 32 heavy (non-hydrogen) atoms. The van der Waals surface area contributed by atoms with E-state index in [4.69, 9.17) is 12.2 Å². The average molecular weight is 488 g/mol. The van der Waals surface area contributed by atoms with Crippen molar-refractivity contribution in [3.8, 4) is 11.9 Å². The van der Waals surface area contributed by atoms with Crippen molar-refractivity contribution in [2.24, 2.45) is 0 Å². The number of Topliss-reactive ketones (excluding diaryl/α,β-unsaturated/α-hetero) is 1. The van der Waals surface area contributed by atoms with E-state index < -0.39 is 23.3 Å². The normalized spacial score (nSPS) is 15.9. The highest BCUT2D eigenvalue weighted by atomic mass is 32.2. The molecule has 0 saturated carbocycles. The van der Waals surface area contributed by atoms with Crippen LogP contribution in [-0.4, -0.2) is 37.1 Å². The van der Waals surface area contributed by atoms with Crippen molar-refractivity contribution in [1.29, 1.82) is 5.26 Å². The largest absolute Gasteiger partial charge is 0.494 e. The van der Waals surface area contributed by atoms with E-state index in [2.05, 4.69) is 0 Å². The fourth-order valence-corrected chi connectivity index (χ4v) is 5.41. The Hall–Kier alpha value is -2.74. The molecule has 1 atom stereocenters. The van der Waals surface area contributed by atoms with Crippen LogP contribution in [-0.2, 0) is 4.79 Å². The molecule has 2 aromatic rings. The summed E-state index contributed by atoms with van der Waals surface area (Å²) in [5.74, 6) is -1.19. The molecule has 1 aliphatic rings. The van der Waals surface area contributed by atoms with Crippen LogP contribution in [0.2, 0.25) is 0 Å². The lowest BCUT2D eigenvalue weighted by Gasteiger charge is -2.20. The maximum absolute atomic E-state index is 13.1. The average Bonchev–Trinajstić information content (AvgIpc) is 3.35. The number of rotatable bonds is 7. The quantitative estimate of drug-likeness (QED) is 0.354. The highest BCUT2D eigenvalue weighted by Gasteiger charge is 2.33. The van der Waals surface area contributed by atoms with Gasteiger partial charge in [0, 0.05) is 23.9 Å². The number of aromatic nitrogens is 1. The Bertz CT molecular complexity index is 1220. The van der Waals surface area contributed by atoms with E-state index in [1.54, 1.807) is 13.0 Å². The minimum atomic E-state index is -0.621. The van der Waals surface area contributed by atoms with Crippen LogP contribution in [0.4, 0.5) is 0 Å². The van der Waals surface area contributed by atoms with Gasteiger partial charge < -0.3 is 5.11 Å². The van der Waals surface area contributed by atoms with Crippen molar-refractivity contribution < 1.29 is 14.7 Å². The summed E-state index contributed by atoms with van der Waals surface area (Å²) >= 11 is 8.00. The lowest BCUT2D eigenvalue weighted by atomic mass is 9.99. The zero-order valence-electron chi connectivity index (χ0n) is 17.7. The van der Waals surface area contributed by atoms with Crippen molar-refractivity contribution in [3.63, 3.8) is 0 Å². The van der Waals surface area contributed by atoms with Crippen molar-refractivity contribution in [1.82, 2.24) is 9.47 Å². The molecule has 1 aliphatic heterocycles. The number of pyridine rings is 1. The van der Waals surface area contributed by atoms with Crippen LogP contribution in [0.5, 0.6) is 5.88 Å². The van der Waals surface area contributed by atoms with Gasteiger partial charge in [0.25, 0.3) is 11.5 Å². The monoisotopic (exact) mass is 487 g/mol. The minimum Gasteiger partial charge on any atom is -0.494 e. The van der Waals surface area contributed by atoms with Gasteiger partial charge in [0.2, 0.25) is 5.88 Å². The number of carbonyl (C=O) groups is 2. The first-order valence-electron chi connectivity index (χ1n) is 9.91. The second-order valence-electron chi connectivity index (χ2n) is 7.26. The topological polar surface area (TPSA) is 103 Å². The highest BCUT2D eigenvalue weighted by Crippen LogP contribution is 2.34. The number of amides is 1. The summed E-state index contributed by atoms with van der Waals surface area (Å²) < 4.78 is 1.44. The smallest absolute Gasteiger partial charge is 0.271 e. The van der Waals surface area contributed by atoms with Crippen LogP contribution in [0.25, 0.3) is 6.08 Å². The Labute approximate surface area is 199 Å². The Morgan fingerprint density at radius 2 is 2.12 bits per heavy atom. The summed E-state index contributed by atoms with van der Waals surface area (Å²) in [7, 11) is 0. The number of hydrogen-bond acceptors (Lipinski definition) is 8. The van der Waals surface area contributed by atoms with Crippen LogP contribution in [0.1, 0.15) is 59.1 Å². The molecule has 0 bridgehead atoms. The SMILES string of the molecule is CCC(C)n1c(O)c(C(=O)CCN2C(=O)/C(=C/c3cccs3)SC2=S)c(C)c(C#N)c1=O. The molecule has 0 radical (unpaired) electrons. The van der Waals surface area contributed by atoms with Crippen LogP contribution >= 0.6 is 35.3 Å². The third-order valence-electron chi connectivity index (χ3n) is 5.31. The molecule has 3 heterocycles. The van der Waals surface area contributed by atoms with Crippen molar-refractivity contribution in [3.05, 3.63) is 54.3 Å². The number of hydrogen-bond donors (Lipinski definition) is 1. The van der Waals surface area contributed by atoms with Gasteiger partial charge in [-0.1, -0.05) is 37.0 Å². The summed E-state index contributed by atoms with van der Waals surface area (Å²) in [5.41, 5.74) is -0.719. The van der Waals surface area contributed by atoms with Crippen molar-refractivity contribution >= 4 is 57.4 Å². The summed E-state index contributed by atoms with van der Waals surface area (Å²) in [5, 5.41) is 22.1. The van der Waals surface area contributed by atoms with Crippen LogP contribution < -0.4 is 5.56 Å². The summed E-state index contributed by atoms with van der Waals surface area (Å²) in [4.78, 5) is 41.2. The van der Waals surface area contributed by atoms with Gasteiger partial charge in [0.15, 0.2) is 5.78 Å². The third kappa shape index (κ3) is 4.41. The zero-order chi connectivity index (χ0) is 23.6. The molecule has 2 aromatic heterocycles. The summed E-state index contributed by atoms with van der Waals surface area (Å²) in [6.45, 7) is 5.07. The molecule has 0 aliphatic carbocycles. The van der Waals surface area contributed by atoms with E-state index in [-0.39, 0.29) is 35.6 Å². The van der Waals surface area contributed by atoms with E-state index in [0.717, 1.165) is 9.44 Å². The fourth-order valence-electron chi connectivity index (χ4n) is 3.38. The first-order chi connectivity index (χ1) is 15.2. The van der Waals surface area contributed by atoms with Gasteiger partial charge >= 0.3 is 0 Å². The second kappa shape index (κ2) is 9.81. The molecule has 1 fully saturated rings. The highest BCUT2D eigenvalue weighted by molar-refractivity contribution is 8.26. The maximum Gasteiger partial charge on any atom is 0.271 e. The zero-order valence-corrected chi connectivity index (χ0v) is 20.2. The number of thiophene rings is 1. The minimum absolute atomic E-state index is 0.0362. The van der Waals surface area contributed by atoms with Gasteiger partial charge in [-0.3, -0.25) is 23.9 Å². The predicted octanol–water partition coefficient (Wildman–Crippen LogP) is 4.24. The molecular formula is C22H21N3O4S3. The van der Waals surface area contributed by atoms with Gasteiger partial charge in [-0.2, -0.15) is 5.26 Å². The van der Waals surface area contributed by atoms with Gasteiger partial charge in [0.1, 0.15) is 16.0 Å². The Morgan fingerprint density at radius 3 is 2.72 bits per heavy atom. The number of ketones is 1. The van der Waals surface area contributed by atoms with Crippen molar-refractivity contribution in [2.45, 2.75) is 39.7 Å². The molecule has 3 rings (SSSR count). The lowest BCUT2D eigenvalue weighted by molar-refractivity contribution is -0.122. The van der Waals surface area contributed by atoms with Crippen LogP contribution in [0.3, 0.4) is 0 Å².